The summed E-state index contributed by atoms with van der Waals surface area (Å²) in [7, 11) is 0. The molecule has 0 spiro atoms. The lowest BCUT2D eigenvalue weighted by atomic mass is 10.1. The van der Waals surface area contributed by atoms with E-state index >= 15 is 0 Å². The van der Waals surface area contributed by atoms with Crippen LogP contribution in [0, 0.1) is 0 Å². The number of hydrogen-bond donors (Lipinski definition) is 3. The maximum absolute atomic E-state index is 12.8. The molecule has 29 heavy (non-hydrogen) atoms. The van der Waals surface area contributed by atoms with Crippen molar-refractivity contribution in [1.29, 1.82) is 0 Å². The number of unbranched alkanes of at least 4 members (excludes halogenated alkanes) is 1. The van der Waals surface area contributed by atoms with Crippen LogP contribution in [-0.2, 0) is 0 Å². The Morgan fingerprint density at radius 3 is 2.48 bits per heavy atom. The highest BCUT2D eigenvalue weighted by Crippen LogP contribution is 2.22. The fourth-order valence-corrected chi connectivity index (χ4v) is 3.54. The zero-order valence-electron chi connectivity index (χ0n) is 16.9. The van der Waals surface area contributed by atoms with Crippen molar-refractivity contribution in [3.8, 4) is 0 Å². The van der Waals surface area contributed by atoms with Crippen LogP contribution in [0.4, 0.5) is 0 Å². The zero-order chi connectivity index (χ0) is 20.5. The number of benzene rings is 2. The smallest absolute Gasteiger partial charge is 0.253 e. The minimum Gasteiger partial charge on any atom is -0.351 e. The van der Waals surface area contributed by atoms with Gasteiger partial charge in [-0.25, -0.2) is 4.98 Å². The van der Waals surface area contributed by atoms with E-state index in [9.17, 15) is 4.79 Å². The lowest BCUT2D eigenvalue weighted by Crippen LogP contribution is -2.36. The third kappa shape index (κ3) is 5.73. The van der Waals surface area contributed by atoms with Crippen molar-refractivity contribution in [2.75, 3.05) is 39.3 Å². The number of amides is 1. The highest BCUT2D eigenvalue weighted by Gasteiger charge is 2.12. The van der Waals surface area contributed by atoms with E-state index in [1.54, 1.807) is 0 Å². The molecule has 2 aromatic carbocycles. The van der Waals surface area contributed by atoms with Crippen LogP contribution in [0.2, 0.25) is 0 Å². The molecule has 0 aliphatic carbocycles. The Labute approximate surface area is 172 Å². The highest BCUT2D eigenvalue weighted by atomic mass is 16.1. The fourth-order valence-electron chi connectivity index (χ4n) is 3.54. The molecule has 0 aliphatic heterocycles. The van der Waals surface area contributed by atoms with Crippen LogP contribution in [0.15, 0.2) is 48.5 Å². The Bertz CT molecular complexity index is 943. The Balaban J connectivity index is 1.66. The average molecular weight is 394 g/mol. The number of nitrogens with zero attached hydrogens (tertiary/aromatic N) is 2. The normalized spacial score (nSPS) is 11.4. The predicted molar refractivity (Wildman–Crippen MR) is 120 cm³/mol. The standard InChI is InChI=1S/C23H31N5O/c24-11-3-4-14-28(15-6-12-25)16-13-26-23(29)20-9-5-8-19-17-18-7-1-2-10-21(18)27-22(19)20/h1-2,5,7-10,17H,3-4,6,11-16,24-25H2,(H,26,29). The zero-order valence-corrected chi connectivity index (χ0v) is 16.9. The largest absolute Gasteiger partial charge is 0.351 e. The first-order valence-corrected chi connectivity index (χ1v) is 10.4. The average Bonchev–Trinajstić information content (AvgIpc) is 2.75. The fraction of sp³-hybridized carbons (Fsp3) is 0.391. The van der Waals surface area contributed by atoms with E-state index in [4.69, 9.17) is 16.5 Å². The van der Waals surface area contributed by atoms with Gasteiger partial charge in [-0.15, -0.1) is 0 Å². The Kier molecular flexibility index (Phi) is 7.93. The monoisotopic (exact) mass is 393 g/mol. The van der Waals surface area contributed by atoms with Crippen molar-refractivity contribution < 1.29 is 4.79 Å². The van der Waals surface area contributed by atoms with Crippen molar-refractivity contribution in [3.05, 3.63) is 54.1 Å². The summed E-state index contributed by atoms with van der Waals surface area (Å²) < 4.78 is 0. The summed E-state index contributed by atoms with van der Waals surface area (Å²) in [5.74, 6) is -0.0842. The molecule has 6 nitrogen and oxygen atoms in total. The topological polar surface area (TPSA) is 97.3 Å². The van der Waals surface area contributed by atoms with Gasteiger partial charge in [0.2, 0.25) is 0 Å². The number of fused-ring (bicyclic) bond motifs is 2. The van der Waals surface area contributed by atoms with Crippen molar-refractivity contribution in [1.82, 2.24) is 15.2 Å². The highest BCUT2D eigenvalue weighted by molar-refractivity contribution is 6.07. The van der Waals surface area contributed by atoms with Crippen LogP contribution >= 0.6 is 0 Å². The number of carbonyl (C=O) groups is 1. The van der Waals surface area contributed by atoms with Gasteiger partial charge in [0.15, 0.2) is 0 Å². The second kappa shape index (κ2) is 10.9. The molecule has 0 saturated heterocycles. The first-order chi connectivity index (χ1) is 14.2. The van der Waals surface area contributed by atoms with Crippen LogP contribution in [0.25, 0.3) is 21.8 Å². The van der Waals surface area contributed by atoms with E-state index in [0.717, 1.165) is 60.7 Å². The van der Waals surface area contributed by atoms with Crippen LogP contribution in [0.1, 0.15) is 29.6 Å². The maximum atomic E-state index is 12.8. The Hall–Kier alpha value is -2.54. The summed E-state index contributed by atoms with van der Waals surface area (Å²) in [6.45, 7) is 4.71. The van der Waals surface area contributed by atoms with Crippen LogP contribution < -0.4 is 16.8 Å². The number of aromatic nitrogens is 1. The molecule has 0 aliphatic rings. The SMILES string of the molecule is NCCCCN(CCCN)CCNC(=O)c1cccc2cc3ccccc3nc12. The maximum Gasteiger partial charge on any atom is 0.253 e. The van der Waals surface area contributed by atoms with Crippen LogP contribution in [0.5, 0.6) is 0 Å². The van der Waals surface area contributed by atoms with E-state index in [-0.39, 0.29) is 5.91 Å². The number of nitrogens with two attached hydrogens (primary N) is 2. The summed E-state index contributed by atoms with van der Waals surface area (Å²) in [4.78, 5) is 19.9. The Morgan fingerprint density at radius 2 is 1.66 bits per heavy atom. The summed E-state index contributed by atoms with van der Waals surface area (Å²) in [5.41, 5.74) is 13.5. The summed E-state index contributed by atoms with van der Waals surface area (Å²) in [6, 6.07) is 15.8. The van der Waals surface area contributed by atoms with Crippen LogP contribution in [-0.4, -0.2) is 55.1 Å². The first-order valence-electron chi connectivity index (χ1n) is 10.4. The second-order valence-electron chi connectivity index (χ2n) is 7.29. The first kappa shape index (κ1) is 21.2. The lowest BCUT2D eigenvalue weighted by molar-refractivity contribution is 0.0949. The van der Waals surface area contributed by atoms with Gasteiger partial charge in [-0.3, -0.25) is 4.79 Å². The number of rotatable bonds is 11. The van der Waals surface area contributed by atoms with Crippen LogP contribution in [0.3, 0.4) is 0 Å². The summed E-state index contributed by atoms with van der Waals surface area (Å²) in [5, 5.41) is 5.11. The molecule has 3 aromatic rings. The molecule has 1 amide bonds. The van der Waals surface area contributed by atoms with Crippen molar-refractivity contribution in [2.24, 2.45) is 11.5 Å². The van der Waals surface area contributed by atoms with Gasteiger partial charge in [0.05, 0.1) is 16.6 Å². The van der Waals surface area contributed by atoms with Gasteiger partial charge < -0.3 is 21.7 Å². The van der Waals surface area contributed by atoms with E-state index in [2.05, 4.69) is 16.3 Å². The number of para-hydroxylation sites is 2. The van der Waals surface area contributed by atoms with Crippen molar-refractivity contribution in [2.45, 2.75) is 19.3 Å². The van der Waals surface area contributed by atoms with Gasteiger partial charge in [-0.1, -0.05) is 30.3 Å². The number of carbonyl (C=O) groups excluding carboxylic acids is 1. The molecule has 5 N–H and O–H groups in total. The van der Waals surface area contributed by atoms with Gasteiger partial charge in [-0.2, -0.15) is 0 Å². The molecule has 3 rings (SSSR count). The molecule has 0 bridgehead atoms. The van der Waals surface area contributed by atoms with Gasteiger partial charge in [-0.05, 0) is 63.6 Å². The number of nitrogens with one attached hydrogen (secondary N) is 1. The van der Waals surface area contributed by atoms with E-state index in [1.165, 1.54) is 0 Å². The minimum absolute atomic E-state index is 0.0842. The minimum atomic E-state index is -0.0842. The molecule has 0 radical (unpaired) electrons. The van der Waals surface area contributed by atoms with Gasteiger partial charge >= 0.3 is 0 Å². The molecule has 0 atom stereocenters. The van der Waals surface area contributed by atoms with Crippen molar-refractivity contribution in [3.63, 3.8) is 0 Å². The van der Waals surface area contributed by atoms with Gasteiger partial charge in [0, 0.05) is 23.9 Å². The molecule has 1 heterocycles. The molecule has 1 aromatic heterocycles. The number of pyridine rings is 1. The van der Waals surface area contributed by atoms with E-state index < -0.39 is 0 Å². The van der Waals surface area contributed by atoms with Crippen molar-refractivity contribution >= 4 is 27.7 Å². The predicted octanol–water partition coefficient (Wildman–Crippen LogP) is 2.51. The third-order valence-corrected chi connectivity index (χ3v) is 5.11. The molecular weight excluding hydrogens is 362 g/mol. The lowest BCUT2D eigenvalue weighted by Gasteiger charge is -2.22. The second-order valence-corrected chi connectivity index (χ2v) is 7.29. The van der Waals surface area contributed by atoms with E-state index in [0.29, 0.717) is 25.2 Å². The molecule has 0 fully saturated rings. The molecule has 154 valence electrons. The quantitative estimate of drug-likeness (QED) is 0.343. The Morgan fingerprint density at radius 1 is 0.897 bits per heavy atom. The molecule has 0 saturated carbocycles. The molecular formula is C23H31N5O. The van der Waals surface area contributed by atoms with E-state index in [1.807, 2.05) is 42.5 Å². The van der Waals surface area contributed by atoms with Gasteiger partial charge in [0.25, 0.3) is 5.91 Å². The summed E-state index contributed by atoms with van der Waals surface area (Å²) in [6.07, 6.45) is 3.04. The molecule has 6 heteroatoms. The summed E-state index contributed by atoms with van der Waals surface area (Å²) >= 11 is 0. The van der Waals surface area contributed by atoms with Gasteiger partial charge in [0.1, 0.15) is 0 Å². The number of hydrogen-bond acceptors (Lipinski definition) is 5. The molecule has 0 unspecified atom stereocenters. The third-order valence-electron chi connectivity index (χ3n) is 5.11.